The molecule has 4 nitrogen and oxygen atoms in total. The number of carbonyl (C=O) groups is 1. The number of nitriles is 1. The molecule has 1 aliphatic rings. The Bertz CT molecular complexity index is 534. The molecule has 1 amide bonds. The minimum absolute atomic E-state index is 0.324. The van der Waals surface area contributed by atoms with Gasteiger partial charge in [0, 0.05) is 0 Å². The van der Waals surface area contributed by atoms with Gasteiger partial charge in [-0.15, -0.1) is 0 Å². The summed E-state index contributed by atoms with van der Waals surface area (Å²) in [6.07, 6.45) is -3.11. The van der Waals surface area contributed by atoms with E-state index in [9.17, 15) is 13.6 Å². The van der Waals surface area contributed by atoms with Crippen molar-refractivity contribution >= 4 is 17.3 Å². The summed E-state index contributed by atoms with van der Waals surface area (Å²) in [5.41, 5.74) is 0.220. The van der Waals surface area contributed by atoms with Crippen molar-refractivity contribution in [1.29, 1.82) is 5.26 Å². The van der Waals surface area contributed by atoms with Gasteiger partial charge in [-0.2, -0.15) is 10.4 Å². The molecule has 17 heavy (non-hydrogen) atoms. The number of benzene rings is 1. The van der Waals surface area contributed by atoms with Gasteiger partial charge in [0.2, 0.25) is 0 Å². The second-order valence-corrected chi connectivity index (χ2v) is 3.44. The summed E-state index contributed by atoms with van der Waals surface area (Å²) in [6.45, 7) is 0. The molecule has 1 aliphatic heterocycles. The molecule has 0 atom stereocenters. The van der Waals surface area contributed by atoms with Crippen molar-refractivity contribution in [3.05, 3.63) is 29.8 Å². The van der Waals surface area contributed by atoms with E-state index in [1.54, 1.807) is 12.1 Å². The van der Waals surface area contributed by atoms with Crippen LogP contribution in [0.1, 0.15) is 12.0 Å². The molecular weight excluding hydrogens is 228 g/mol. The van der Waals surface area contributed by atoms with Crippen molar-refractivity contribution in [3.63, 3.8) is 0 Å². The quantitative estimate of drug-likeness (QED) is 0.786. The van der Waals surface area contributed by atoms with Crippen molar-refractivity contribution in [2.45, 2.75) is 12.8 Å². The highest BCUT2D eigenvalue weighted by Gasteiger charge is 2.30. The third-order valence-corrected chi connectivity index (χ3v) is 2.27. The molecule has 0 spiro atoms. The Morgan fingerprint density at radius 2 is 2.24 bits per heavy atom. The Labute approximate surface area is 95.8 Å². The highest BCUT2D eigenvalue weighted by Crippen LogP contribution is 2.23. The Hall–Kier alpha value is -2.29. The van der Waals surface area contributed by atoms with Crippen LogP contribution in [0.2, 0.25) is 0 Å². The largest absolute Gasteiger partial charge is 0.278 e. The van der Waals surface area contributed by atoms with Gasteiger partial charge >= 0.3 is 0 Å². The lowest BCUT2D eigenvalue weighted by Crippen LogP contribution is -2.19. The van der Waals surface area contributed by atoms with Crippen LogP contribution >= 0.6 is 0 Å². The fraction of sp³-hybridized carbons (Fsp3) is 0.182. The summed E-state index contributed by atoms with van der Waals surface area (Å²) in [7, 11) is 0. The Morgan fingerprint density at radius 1 is 1.47 bits per heavy atom. The predicted molar refractivity (Wildman–Crippen MR) is 56.7 cm³/mol. The van der Waals surface area contributed by atoms with Crippen LogP contribution in [-0.4, -0.2) is 18.0 Å². The molecular formula is C11H7F2N3O. The van der Waals surface area contributed by atoms with Gasteiger partial charge in [0.15, 0.2) is 0 Å². The first kappa shape index (κ1) is 11.2. The van der Waals surface area contributed by atoms with Crippen LogP contribution in [0.25, 0.3) is 0 Å². The number of carbonyl (C=O) groups excluding carboxylic acids is 1. The zero-order chi connectivity index (χ0) is 12.4. The van der Waals surface area contributed by atoms with E-state index in [1.165, 1.54) is 12.1 Å². The highest BCUT2D eigenvalue weighted by molar-refractivity contribution is 6.14. The van der Waals surface area contributed by atoms with Gasteiger partial charge in [-0.1, -0.05) is 6.07 Å². The normalized spacial score (nSPS) is 15.1. The lowest BCUT2D eigenvalue weighted by atomic mass is 10.2. The van der Waals surface area contributed by atoms with Crippen LogP contribution in [-0.2, 0) is 4.79 Å². The van der Waals surface area contributed by atoms with Gasteiger partial charge in [-0.05, 0) is 18.2 Å². The molecule has 86 valence electrons. The SMILES string of the molecule is N#Cc1cccc(N2N=C(C(F)F)CC2=O)c1. The van der Waals surface area contributed by atoms with Crippen LogP contribution in [0.3, 0.4) is 0 Å². The first-order chi connectivity index (χ1) is 8.11. The van der Waals surface area contributed by atoms with E-state index in [4.69, 9.17) is 5.26 Å². The fourth-order valence-electron chi connectivity index (χ4n) is 1.48. The summed E-state index contributed by atoms with van der Waals surface area (Å²) >= 11 is 0. The van der Waals surface area contributed by atoms with Crippen LogP contribution in [0.4, 0.5) is 14.5 Å². The molecule has 0 bridgehead atoms. The van der Waals surface area contributed by atoms with E-state index in [0.29, 0.717) is 11.3 Å². The number of amides is 1. The van der Waals surface area contributed by atoms with Gasteiger partial charge in [-0.3, -0.25) is 4.79 Å². The van der Waals surface area contributed by atoms with Gasteiger partial charge in [0.25, 0.3) is 12.3 Å². The van der Waals surface area contributed by atoms with Crippen LogP contribution < -0.4 is 5.01 Å². The number of hydrogen-bond acceptors (Lipinski definition) is 3. The average Bonchev–Trinajstić information content (AvgIpc) is 2.72. The first-order valence-electron chi connectivity index (χ1n) is 4.80. The van der Waals surface area contributed by atoms with Crippen molar-refractivity contribution in [2.24, 2.45) is 5.10 Å². The molecule has 2 rings (SSSR count). The third kappa shape index (κ3) is 2.13. The first-order valence-corrected chi connectivity index (χ1v) is 4.80. The lowest BCUT2D eigenvalue weighted by molar-refractivity contribution is -0.117. The minimum atomic E-state index is -2.73. The maximum absolute atomic E-state index is 12.4. The molecule has 0 saturated carbocycles. The average molecular weight is 235 g/mol. The van der Waals surface area contributed by atoms with E-state index < -0.39 is 18.0 Å². The molecule has 0 aliphatic carbocycles. The zero-order valence-electron chi connectivity index (χ0n) is 8.60. The molecule has 1 heterocycles. The minimum Gasteiger partial charge on any atom is -0.272 e. The van der Waals surface area contributed by atoms with Gasteiger partial charge in [-0.25, -0.2) is 13.8 Å². The van der Waals surface area contributed by atoms with E-state index in [1.807, 2.05) is 6.07 Å². The fourth-order valence-corrected chi connectivity index (χ4v) is 1.48. The molecule has 0 N–H and O–H groups in total. The third-order valence-electron chi connectivity index (χ3n) is 2.27. The van der Waals surface area contributed by atoms with Gasteiger partial charge in [0.05, 0.1) is 23.7 Å². The number of anilines is 1. The number of hydrazone groups is 1. The Kier molecular flexibility index (Phi) is 2.83. The van der Waals surface area contributed by atoms with E-state index in [0.717, 1.165) is 5.01 Å². The number of hydrogen-bond donors (Lipinski definition) is 0. The number of rotatable bonds is 2. The maximum Gasteiger partial charge on any atom is 0.278 e. The van der Waals surface area contributed by atoms with E-state index in [2.05, 4.69) is 5.10 Å². The molecule has 1 aromatic carbocycles. The van der Waals surface area contributed by atoms with Crippen molar-refractivity contribution < 1.29 is 13.6 Å². The number of alkyl halides is 2. The molecule has 1 aromatic rings. The standard InChI is InChI=1S/C11H7F2N3O/c12-11(13)9-5-10(17)16(15-9)8-3-1-2-7(4-8)6-14/h1-4,11H,5H2. The van der Waals surface area contributed by atoms with Crippen LogP contribution in [0.15, 0.2) is 29.4 Å². The van der Waals surface area contributed by atoms with Crippen molar-refractivity contribution in [1.82, 2.24) is 0 Å². The van der Waals surface area contributed by atoms with Gasteiger partial charge in [0.1, 0.15) is 5.71 Å². The van der Waals surface area contributed by atoms with Crippen LogP contribution in [0.5, 0.6) is 0 Å². The highest BCUT2D eigenvalue weighted by atomic mass is 19.3. The zero-order valence-corrected chi connectivity index (χ0v) is 8.60. The monoisotopic (exact) mass is 235 g/mol. The number of halogens is 2. The van der Waals surface area contributed by atoms with E-state index in [-0.39, 0.29) is 6.42 Å². The molecule has 0 fully saturated rings. The molecule has 6 heteroatoms. The predicted octanol–water partition coefficient (Wildman–Crippen LogP) is 1.92. The lowest BCUT2D eigenvalue weighted by Gasteiger charge is -2.11. The number of nitrogens with zero attached hydrogens (tertiary/aromatic N) is 3. The summed E-state index contributed by atoms with van der Waals surface area (Å²) in [4.78, 5) is 11.5. The Balaban J connectivity index is 2.34. The summed E-state index contributed by atoms with van der Waals surface area (Å²) in [5.74, 6) is -0.518. The Morgan fingerprint density at radius 3 is 2.82 bits per heavy atom. The topological polar surface area (TPSA) is 56.5 Å². The van der Waals surface area contributed by atoms with E-state index >= 15 is 0 Å². The molecule has 0 radical (unpaired) electrons. The second kappa shape index (κ2) is 4.29. The summed E-state index contributed by atoms with van der Waals surface area (Å²) in [5, 5.41) is 13.2. The van der Waals surface area contributed by atoms with Crippen LogP contribution in [0, 0.1) is 11.3 Å². The second-order valence-electron chi connectivity index (χ2n) is 3.44. The van der Waals surface area contributed by atoms with Crippen molar-refractivity contribution in [2.75, 3.05) is 5.01 Å². The van der Waals surface area contributed by atoms with Crippen molar-refractivity contribution in [3.8, 4) is 6.07 Å². The summed E-state index contributed by atoms with van der Waals surface area (Å²) < 4.78 is 24.8. The van der Waals surface area contributed by atoms with Gasteiger partial charge < -0.3 is 0 Å². The maximum atomic E-state index is 12.4. The molecule has 0 unspecified atom stereocenters. The smallest absolute Gasteiger partial charge is 0.272 e. The molecule has 0 saturated heterocycles. The summed E-state index contributed by atoms with van der Waals surface area (Å²) in [6, 6.07) is 7.99. The molecule has 0 aromatic heterocycles.